The molecule has 2 nitrogen and oxygen atoms in total. The Bertz CT molecular complexity index is 143. The minimum atomic E-state index is -0.781. The molecule has 1 atom stereocenters. The summed E-state index contributed by atoms with van der Waals surface area (Å²) in [4.78, 5) is 10.1. The summed E-state index contributed by atoms with van der Waals surface area (Å²) in [5, 5.41) is 8.27. The highest BCUT2D eigenvalue weighted by atomic mass is 35.5. The predicted octanol–water partition coefficient (Wildman–Crippen LogP) is 2.42. The number of alkyl halides is 1. The minimum Gasteiger partial charge on any atom is -0.481 e. The van der Waals surface area contributed by atoms with Gasteiger partial charge in [0.15, 0.2) is 0 Å². The molecule has 0 aromatic rings. The van der Waals surface area contributed by atoms with Gasteiger partial charge in [-0.25, -0.2) is 0 Å². The van der Waals surface area contributed by atoms with E-state index in [0.717, 1.165) is 6.42 Å². The zero-order valence-corrected chi connectivity index (χ0v) is 7.34. The van der Waals surface area contributed by atoms with E-state index in [9.17, 15) is 4.79 Å². The average Bonchev–Trinajstić information content (AvgIpc) is 1.97. The molecule has 0 aliphatic heterocycles. The number of hydrogen-bond acceptors (Lipinski definition) is 1. The Morgan fingerprint density at radius 3 is 2.82 bits per heavy atom. The van der Waals surface area contributed by atoms with Crippen LogP contribution in [0.4, 0.5) is 0 Å². The molecule has 0 radical (unpaired) electrons. The molecule has 1 unspecified atom stereocenters. The van der Waals surface area contributed by atoms with Gasteiger partial charge in [0.1, 0.15) is 0 Å². The molecule has 0 saturated heterocycles. The zero-order chi connectivity index (χ0) is 8.69. The lowest BCUT2D eigenvalue weighted by atomic mass is 10.2. The molecule has 1 N–H and O–H groups in total. The van der Waals surface area contributed by atoms with Crippen LogP contribution < -0.4 is 0 Å². The summed E-state index contributed by atoms with van der Waals surface area (Å²) in [6.45, 7) is 1.92. The van der Waals surface area contributed by atoms with Gasteiger partial charge in [-0.3, -0.25) is 4.79 Å². The number of carbonyl (C=O) groups is 1. The summed E-state index contributed by atoms with van der Waals surface area (Å²) in [7, 11) is 0. The maximum absolute atomic E-state index is 10.1. The summed E-state index contributed by atoms with van der Waals surface area (Å²) in [6, 6.07) is 0. The Balaban J connectivity index is 3.36. The molecular weight excluding hydrogens is 164 g/mol. The average molecular weight is 177 g/mol. The molecule has 0 aromatic carbocycles. The second-order valence-electron chi connectivity index (χ2n) is 2.33. The first-order valence-corrected chi connectivity index (χ1v) is 4.07. The first kappa shape index (κ1) is 10.5. The molecule has 11 heavy (non-hydrogen) atoms. The second kappa shape index (κ2) is 6.23. The van der Waals surface area contributed by atoms with E-state index in [1.54, 1.807) is 0 Å². The molecule has 64 valence electrons. The summed E-state index contributed by atoms with van der Waals surface area (Å²) in [5.74, 6) is -0.781. The van der Waals surface area contributed by atoms with Crippen LogP contribution in [0.2, 0.25) is 0 Å². The van der Waals surface area contributed by atoms with Crippen LogP contribution in [0.15, 0.2) is 12.2 Å². The van der Waals surface area contributed by atoms with Crippen LogP contribution in [0.25, 0.3) is 0 Å². The van der Waals surface area contributed by atoms with E-state index in [4.69, 9.17) is 16.7 Å². The van der Waals surface area contributed by atoms with Gasteiger partial charge in [0.05, 0.1) is 0 Å². The fourth-order valence-electron chi connectivity index (χ4n) is 0.682. The SMILES string of the molecule is C/C=C/CC(Cl)CCC(=O)O. The topological polar surface area (TPSA) is 37.3 Å². The Morgan fingerprint density at radius 1 is 1.73 bits per heavy atom. The highest BCUT2D eigenvalue weighted by molar-refractivity contribution is 6.20. The maximum atomic E-state index is 10.1. The molecule has 0 spiro atoms. The van der Waals surface area contributed by atoms with Crippen molar-refractivity contribution in [2.45, 2.75) is 31.6 Å². The third-order valence-corrected chi connectivity index (χ3v) is 1.70. The van der Waals surface area contributed by atoms with Crippen molar-refractivity contribution < 1.29 is 9.90 Å². The monoisotopic (exact) mass is 176 g/mol. The molecular formula is C8H13ClO2. The zero-order valence-electron chi connectivity index (χ0n) is 6.59. The van der Waals surface area contributed by atoms with Gasteiger partial charge in [0.25, 0.3) is 0 Å². The molecule has 0 amide bonds. The van der Waals surface area contributed by atoms with Crippen LogP contribution in [0, 0.1) is 0 Å². The van der Waals surface area contributed by atoms with Crippen LogP contribution in [0.1, 0.15) is 26.2 Å². The fraction of sp³-hybridized carbons (Fsp3) is 0.625. The molecule has 0 heterocycles. The first-order chi connectivity index (χ1) is 5.16. The summed E-state index contributed by atoms with van der Waals surface area (Å²) in [5.41, 5.74) is 0. The van der Waals surface area contributed by atoms with Crippen molar-refractivity contribution in [3.05, 3.63) is 12.2 Å². The molecule has 0 aromatic heterocycles. The first-order valence-electron chi connectivity index (χ1n) is 3.63. The lowest BCUT2D eigenvalue weighted by molar-refractivity contribution is -0.137. The van der Waals surface area contributed by atoms with E-state index in [0.29, 0.717) is 6.42 Å². The normalized spacial score (nSPS) is 13.6. The van der Waals surface area contributed by atoms with Crippen LogP contribution >= 0.6 is 11.6 Å². The van der Waals surface area contributed by atoms with Gasteiger partial charge in [-0.1, -0.05) is 12.2 Å². The number of carboxylic acid groups (broad SMARTS) is 1. The molecule has 0 aliphatic carbocycles. The van der Waals surface area contributed by atoms with Gasteiger partial charge >= 0.3 is 5.97 Å². The predicted molar refractivity (Wildman–Crippen MR) is 45.9 cm³/mol. The van der Waals surface area contributed by atoms with Crippen molar-refractivity contribution in [3.63, 3.8) is 0 Å². The lowest BCUT2D eigenvalue weighted by Gasteiger charge is -2.02. The third-order valence-electron chi connectivity index (χ3n) is 1.30. The van der Waals surface area contributed by atoms with Gasteiger partial charge < -0.3 is 5.11 Å². The van der Waals surface area contributed by atoms with E-state index in [1.807, 2.05) is 19.1 Å². The molecule has 3 heteroatoms. The summed E-state index contributed by atoms with van der Waals surface area (Å²) in [6.07, 6.45) is 5.31. The fourth-order valence-corrected chi connectivity index (χ4v) is 0.894. The van der Waals surface area contributed by atoms with Gasteiger partial charge in [-0.05, 0) is 19.8 Å². The third kappa shape index (κ3) is 7.40. The number of rotatable bonds is 5. The maximum Gasteiger partial charge on any atom is 0.303 e. The van der Waals surface area contributed by atoms with Gasteiger partial charge in [-0.15, -0.1) is 11.6 Å². The number of allylic oxidation sites excluding steroid dienone is 2. The lowest BCUT2D eigenvalue weighted by Crippen LogP contribution is -2.02. The van der Waals surface area contributed by atoms with Crippen molar-refractivity contribution in [1.29, 1.82) is 0 Å². The highest BCUT2D eigenvalue weighted by Gasteiger charge is 2.04. The minimum absolute atomic E-state index is 0.0395. The van der Waals surface area contributed by atoms with Crippen LogP contribution in [-0.2, 0) is 4.79 Å². The second-order valence-corrected chi connectivity index (χ2v) is 2.95. The standard InChI is InChI=1S/C8H13ClO2/c1-2-3-4-7(9)5-6-8(10)11/h2-3,7H,4-6H2,1H3,(H,10,11)/b3-2+. The van der Waals surface area contributed by atoms with E-state index in [2.05, 4.69) is 0 Å². The molecule has 0 rings (SSSR count). The number of aliphatic carboxylic acids is 1. The Labute approximate surface area is 71.9 Å². The van der Waals surface area contributed by atoms with E-state index >= 15 is 0 Å². The van der Waals surface area contributed by atoms with Crippen molar-refractivity contribution in [2.75, 3.05) is 0 Å². The highest BCUT2D eigenvalue weighted by Crippen LogP contribution is 2.10. The summed E-state index contributed by atoms with van der Waals surface area (Å²) >= 11 is 5.79. The quantitative estimate of drug-likeness (QED) is 0.516. The largest absolute Gasteiger partial charge is 0.481 e. The molecule has 0 saturated carbocycles. The Morgan fingerprint density at radius 2 is 2.36 bits per heavy atom. The van der Waals surface area contributed by atoms with Gasteiger partial charge in [0.2, 0.25) is 0 Å². The van der Waals surface area contributed by atoms with Gasteiger partial charge in [-0.2, -0.15) is 0 Å². The number of halogens is 1. The van der Waals surface area contributed by atoms with Gasteiger partial charge in [0, 0.05) is 11.8 Å². The van der Waals surface area contributed by atoms with Crippen molar-refractivity contribution in [2.24, 2.45) is 0 Å². The number of carboxylic acids is 1. The van der Waals surface area contributed by atoms with Crippen molar-refractivity contribution in [1.82, 2.24) is 0 Å². The molecule has 0 fully saturated rings. The molecule has 0 bridgehead atoms. The van der Waals surface area contributed by atoms with Crippen LogP contribution in [0.5, 0.6) is 0 Å². The van der Waals surface area contributed by atoms with Crippen molar-refractivity contribution in [3.8, 4) is 0 Å². The van der Waals surface area contributed by atoms with E-state index in [-0.39, 0.29) is 11.8 Å². The smallest absolute Gasteiger partial charge is 0.303 e. The van der Waals surface area contributed by atoms with Crippen LogP contribution in [0.3, 0.4) is 0 Å². The van der Waals surface area contributed by atoms with E-state index < -0.39 is 5.97 Å². The van der Waals surface area contributed by atoms with Crippen LogP contribution in [-0.4, -0.2) is 16.5 Å². The Kier molecular flexibility index (Phi) is 5.94. The van der Waals surface area contributed by atoms with E-state index in [1.165, 1.54) is 0 Å². The van der Waals surface area contributed by atoms with Crippen molar-refractivity contribution >= 4 is 17.6 Å². The molecule has 0 aliphatic rings. The Hall–Kier alpha value is -0.500. The number of hydrogen-bond donors (Lipinski definition) is 1. The summed E-state index contributed by atoms with van der Waals surface area (Å²) < 4.78 is 0.